The minimum atomic E-state index is -4.50. The number of alkyl halides is 3. The summed E-state index contributed by atoms with van der Waals surface area (Å²) < 4.78 is 53.2. The quantitative estimate of drug-likeness (QED) is 0.538. The van der Waals surface area contributed by atoms with E-state index in [1.54, 1.807) is 0 Å². The lowest BCUT2D eigenvalue weighted by atomic mass is 9.77. The maximum atomic E-state index is 14.6. The fourth-order valence-electron chi connectivity index (χ4n) is 4.18. The summed E-state index contributed by atoms with van der Waals surface area (Å²) in [5.74, 6) is -2.05. The average molecular weight is 438 g/mol. The van der Waals surface area contributed by atoms with Crippen LogP contribution >= 0.6 is 11.6 Å². The van der Waals surface area contributed by atoms with Crippen molar-refractivity contribution in [2.24, 2.45) is 0 Å². The standard InChI is InChI=1S/C22H16ClF4NO2/c23-15-3-1-4-16(24)20(15)14-11-19(30)28(17-5-2-6-18(29)21(14)17)13-9-7-12(8-10-13)22(25,26)27/h1,3-4,7-10,14H,2,5-6,11H2. The van der Waals surface area contributed by atoms with Crippen molar-refractivity contribution in [3.63, 3.8) is 0 Å². The van der Waals surface area contributed by atoms with E-state index in [0.717, 1.165) is 12.1 Å². The van der Waals surface area contributed by atoms with E-state index in [0.29, 0.717) is 24.1 Å². The second-order valence-electron chi connectivity index (χ2n) is 7.30. The summed E-state index contributed by atoms with van der Waals surface area (Å²) in [5.41, 5.74) is 0.232. The van der Waals surface area contributed by atoms with Gasteiger partial charge in [0.1, 0.15) is 5.82 Å². The molecule has 156 valence electrons. The zero-order valence-electron chi connectivity index (χ0n) is 15.6. The Balaban J connectivity index is 1.84. The van der Waals surface area contributed by atoms with Gasteiger partial charge in [0, 0.05) is 46.3 Å². The van der Waals surface area contributed by atoms with Crippen LogP contribution in [0.15, 0.2) is 53.7 Å². The van der Waals surface area contributed by atoms with Crippen molar-refractivity contribution in [1.82, 2.24) is 0 Å². The molecule has 0 saturated heterocycles. The highest BCUT2D eigenvalue weighted by molar-refractivity contribution is 6.31. The number of amides is 1. The molecule has 1 aliphatic carbocycles. The SMILES string of the molecule is O=C1CCCC2=C1C(c1c(F)cccc1Cl)CC(=O)N2c1ccc(C(F)(F)F)cc1. The van der Waals surface area contributed by atoms with Crippen molar-refractivity contribution >= 4 is 29.0 Å². The molecule has 0 spiro atoms. The largest absolute Gasteiger partial charge is 0.416 e. The van der Waals surface area contributed by atoms with Gasteiger partial charge in [0.05, 0.1) is 5.56 Å². The molecule has 1 unspecified atom stereocenters. The predicted molar refractivity (Wildman–Crippen MR) is 104 cm³/mol. The fraction of sp³-hybridized carbons (Fsp3) is 0.273. The Kier molecular flexibility index (Phi) is 5.18. The second-order valence-corrected chi connectivity index (χ2v) is 7.71. The van der Waals surface area contributed by atoms with Crippen LogP contribution in [0.4, 0.5) is 23.2 Å². The first-order valence-electron chi connectivity index (χ1n) is 9.39. The third-order valence-electron chi connectivity index (χ3n) is 5.48. The first-order valence-corrected chi connectivity index (χ1v) is 9.76. The Bertz CT molecular complexity index is 1040. The van der Waals surface area contributed by atoms with Crippen LogP contribution in [0.2, 0.25) is 5.02 Å². The van der Waals surface area contributed by atoms with E-state index in [1.807, 2.05) is 0 Å². The molecular weight excluding hydrogens is 422 g/mol. The Morgan fingerprint density at radius 3 is 2.33 bits per heavy atom. The van der Waals surface area contributed by atoms with E-state index >= 15 is 0 Å². The Hall–Kier alpha value is -2.67. The fourth-order valence-corrected chi connectivity index (χ4v) is 4.48. The molecule has 2 aromatic rings. The van der Waals surface area contributed by atoms with Crippen molar-refractivity contribution in [3.05, 3.63) is 75.7 Å². The van der Waals surface area contributed by atoms with Gasteiger partial charge < -0.3 is 0 Å². The van der Waals surface area contributed by atoms with E-state index in [-0.39, 0.29) is 34.9 Å². The molecule has 0 fully saturated rings. The minimum Gasteiger partial charge on any atom is -0.294 e. The molecular formula is C22H16ClF4NO2. The number of hydrogen-bond donors (Lipinski definition) is 0. The molecule has 0 N–H and O–H groups in total. The molecule has 1 amide bonds. The van der Waals surface area contributed by atoms with Crippen LogP contribution in [0.1, 0.15) is 42.7 Å². The molecule has 4 rings (SSSR count). The third-order valence-corrected chi connectivity index (χ3v) is 5.81. The Labute approximate surface area is 174 Å². The van der Waals surface area contributed by atoms with Crippen LogP contribution in [-0.2, 0) is 15.8 Å². The van der Waals surface area contributed by atoms with E-state index < -0.39 is 29.4 Å². The molecule has 1 aliphatic heterocycles. The molecule has 0 bridgehead atoms. The number of carbonyl (C=O) groups is 2. The number of allylic oxidation sites excluding steroid dienone is 2. The topological polar surface area (TPSA) is 37.4 Å². The smallest absolute Gasteiger partial charge is 0.294 e. The molecule has 30 heavy (non-hydrogen) atoms. The van der Waals surface area contributed by atoms with Crippen LogP contribution in [-0.4, -0.2) is 11.7 Å². The van der Waals surface area contributed by atoms with Gasteiger partial charge >= 0.3 is 6.18 Å². The van der Waals surface area contributed by atoms with Gasteiger partial charge in [0.15, 0.2) is 5.78 Å². The Morgan fingerprint density at radius 1 is 1.00 bits per heavy atom. The maximum Gasteiger partial charge on any atom is 0.416 e. The first kappa shape index (κ1) is 20.6. The zero-order chi connectivity index (χ0) is 21.6. The summed E-state index contributed by atoms with van der Waals surface area (Å²) >= 11 is 6.20. The number of rotatable bonds is 2. The summed E-state index contributed by atoms with van der Waals surface area (Å²) in [6.07, 6.45) is -3.55. The number of carbonyl (C=O) groups excluding carboxylic acids is 2. The number of halogens is 5. The van der Waals surface area contributed by atoms with E-state index in [2.05, 4.69) is 0 Å². The average Bonchev–Trinajstić information content (AvgIpc) is 2.67. The number of nitrogens with zero attached hydrogens (tertiary/aromatic N) is 1. The van der Waals surface area contributed by atoms with Gasteiger partial charge in [-0.3, -0.25) is 14.5 Å². The van der Waals surface area contributed by atoms with Gasteiger partial charge in [-0.25, -0.2) is 4.39 Å². The van der Waals surface area contributed by atoms with Gasteiger partial charge in [-0.2, -0.15) is 13.2 Å². The van der Waals surface area contributed by atoms with Gasteiger partial charge in [0.2, 0.25) is 5.91 Å². The van der Waals surface area contributed by atoms with Gasteiger partial charge in [-0.1, -0.05) is 17.7 Å². The molecule has 8 heteroatoms. The molecule has 0 aromatic heterocycles. The second kappa shape index (κ2) is 7.54. The molecule has 0 radical (unpaired) electrons. The van der Waals surface area contributed by atoms with Crippen molar-refractivity contribution in [1.29, 1.82) is 0 Å². The molecule has 0 saturated carbocycles. The lowest BCUT2D eigenvalue weighted by Gasteiger charge is -2.38. The summed E-state index contributed by atoms with van der Waals surface area (Å²) in [4.78, 5) is 27.1. The van der Waals surface area contributed by atoms with Crippen molar-refractivity contribution < 1.29 is 27.2 Å². The number of anilines is 1. The van der Waals surface area contributed by atoms with E-state index in [1.165, 1.54) is 35.2 Å². The van der Waals surface area contributed by atoms with Crippen molar-refractivity contribution in [2.45, 2.75) is 37.8 Å². The highest BCUT2D eigenvalue weighted by Gasteiger charge is 2.41. The summed E-state index contributed by atoms with van der Waals surface area (Å²) in [6, 6.07) is 8.38. The molecule has 2 aromatic carbocycles. The van der Waals surface area contributed by atoms with Crippen LogP contribution in [0.3, 0.4) is 0 Å². The molecule has 1 heterocycles. The molecule has 2 aliphatic rings. The zero-order valence-corrected chi connectivity index (χ0v) is 16.4. The lowest BCUT2D eigenvalue weighted by molar-refractivity contribution is -0.137. The normalized spacial score (nSPS) is 19.9. The van der Waals surface area contributed by atoms with E-state index in [9.17, 15) is 27.2 Å². The van der Waals surface area contributed by atoms with Crippen LogP contribution < -0.4 is 4.90 Å². The van der Waals surface area contributed by atoms with Crippen LogP contribution in [0, 0.1) is 5.82 Å². The summed E-state index contributed by atoms with van der Waals surface area (Å²) in [6.45, 7) is 0. The minimum absolute atomic E-state index is 0.0994. The third kappa shape index (κ3) is 3.51. The van der Waals surface area contributed by atoms with Gasteiger partial charge in [-0.15, -0.1) is 0 Å². The van der Waals surface area contributed by atoms with Crippen molar-refractivity contribution in [2.75, 3.05) is 4.90 Å². The van der Waals surface area contributed by atoms with Gasteiger partial charge in [-0.05, 0) is 49.2 Å². The van der Waals surface area contributed by atoms with Crippen LogP contribution in [0.5, 0.6) is 0 Å². The molecule has 1 atom stereocenters. The Morgan fingerprint density at radius 2 is 1.70 bits per heavy atom. The monoisotopic (exact) mass is 437 g/mol. The lowest BCUT2D eigenvalue weighted by Crippen LogP contribution is -2.40. The van der Waals surface area contributed by atoms with Gasteiger partial charge in [0.25, 0.3) is 0 Å². The highest BCUT2D eigenvalue weighted by atomic mass is 35.5. The predicted octanol–water partition coefficient (Wildman–Crippen LogP) is 6.03. The number of hydrogen-bond acceptors (Lipinski definition) is 2. The maximum absolute atomic E-state index is 14.6. The summed E-state index contributed by atoms with van der Waals surface area (Å²) in [7, 11) is 0. The van der Waals surface area contributed by atoms with E-state index in [4.69, 9.17) is 11.6 Å². The molecule has 3 nitrogen and oxygen atoms in total. The van der Waals surface area contributed by atoms with Crippen LogP contribution in [0.25, 0.3) is 0 Å². The number of ketones is 1. The summed E-state index contributed by atoms with van der Waals surface area (Å²) in [5, 5.41) is 0.126. The number of Topliss-reactive ketones (excluding diaryl/α,β-unsaturated/α-hetero) is 1. The number of benzene rings is 2. The van der Waals surface area contributed by atoms with Crippen molar-refractivity contribution in [3.8, 4) is 0 Å². The highest BCUT2D eigenvalue weighted by Crippen LogP contribution is 2.45. The first-order chi connectivity index (χ1) is 14.2.